The van der Waals surface area contributed by atoms with Crippen molar-refractivity contribution in [3.63, 3.8) is 0 Å². The topological polar surface area (TPSA) is 0 Å². The van der Waals surface area contributed by atoms with Gasteiger partial charge >= 0.3 is 0 Å². The summed E-state index contributed by atoms with van der Waals surface area (Å²) >= 11 is 0. The van der Waals surface area contributed by atoms with Gasteiger partial charge in [-0.2, -0.15) is 0 Å². The smallest absolute Gasteiger partial charge is 0.0391 e. The largest absolute Gasteiger partial charge is 0.0654 e. The fourth-order valence-corrected chi connectivity index (χ4v) is 2.57. The molecule has 0 aliphatic rings. The molecule has 3 atom stereocenters. The van der Waals surface area contributed by atoms with Gasteiger partial charge in [0.05, 0.1) is 0 Å². The molecule has 98 valence electrons. The van der Waals surface area contributed by atoms with Crippen LogP contribution in [0.25, 0.3) is 0 Å². The molecule has 3 unspecified atom stereocenters. The Morgan fingerprint density at radius 2 is 1.38 bits per heavy atom. The lowest BCUT2D eigenvalue weighted by atomic mass is 9.83. The van der Waals surface area contributed by atoms with Crippen LogP contribution in [-0.4, -0.2) is 0 Å². The van der Waals surface area contributed by atoms with E-state index in [1.807, 2.05) is 0 Å². The van der Waals surface area contributed by atoms with Crippen molar-refractivity contribution in [2.75, 3.05) is 0 Å². The van der Waals surface area contributed by atoms with E-state index in [1.54, 1.807) is 0 Å². The molecular weight excluding hydrogens is 192 g/mol. The maximum absolute atomic E-state index is 2.43. The van der Waals surface area contributed by atoms with Gasteiger partial charge in [0, 0.05) is 0 Å². The molecule has 0 radical (unpaired) electrons. The SMILES string of the molecule is CCCC(CCCC(C)C(C)CC)C(C)C. The second-order valence-corrected chi connectivity index (χ2v) is 6.09. The first kappa shape index (κ1) is 16.0. The van der Waals surface area contributed by atoms with Crippen LogP contribution in [0.5, 0.6) is 0 Å². The lowest BCUT2D eigenvalue weighted by Crippen LogP contribution is -2.11. The maximum Gasteiger partial charge on any atom is -0.0391 e. The number of rotatable bonds is 9. The van der Waals surface area contributed by atoms with Crippen LogP contribution in [0.2, 0.25) is 0 Å². The van der Waals surface area contributed by atoms with Crippen molar-refractivity contribution in [1.29, 1.82) is 0 Å². The zero-order valence-corrected chi connectivity index (χ0v) is 12.6. The lowest BCUT2D eigenvalue weighted by Gasteiger charge is -2.22. The molecule has 0 amide bonds. The van der Waals surface area contributed by atoms with Crippen LogP contribution in [0.15, 0.2) is 0 Å². The molecule has 0 N–H and O–H groups in total. The molecule has 0 saturated carbocycles. The summed E-state index contributed by atoms with van der Waals surface area (Å²) in [6, 6.07) is 0. The maximum atomic E-state index is 2.43. The third kappa shape index (κ3) is 6.55. The van der Waals surface area contributed by atoms with E-state index in [0.717, 1.165) is 23.7 Å². The molecule has 0 heterocycles. The van der Waals surface area contributed by atoms with E-state index in [-0.39, 0.29) is 0 Å². The zero-order chi connectivity index (χ0) is 12.6. The molecule has 0 aromatic heterocycles. The minimum Gasteiger partial charge on any atom is -0.0654 e. The molecule has 0 spiro atoms. The van der Waals surface area contributed by atoms with Crippen LogP contribution in [-0.2, 0) is 0 Å². The average molecular weight is 226 g/mol. The van der Waals surface area contributed by atoms with Gasteiger partial charge in [-0.1, -0.05) is 80.1 Å². The number of hydrogen-bond acceptors (Lipinski definition) is 0. The number of hydrogen-bond donors (Lipinski definition) is 0. The molecule has 0 nitrogen and oxygen atoms in total. The first-order valence-electron chi connectivity index (χ1n) is 7.52. The average Bonchev–Trinajstić information content (AvgIpc) is 2.26. The molecule has 0 heteroatoms. The van der Waals surface area contributed by atoms with Crippen molar-refractivity contribution >= 4 is 0 Å². The molecular formula is C16H34. The summed E-state index contributed by atoms with van der Waals surface area (Å²) < 4.78 is 0. The molecule has 0 aromatic carbocycles. The lowest BCUT2D eigenvalue weighted by molar-refractivity contribution is 0.290. The molecule has 0 aliphatic carbocycles. The molecule has 0 aliphatic heterocycles. The van der Waals surface area contributed by atoms with Crippen molar-refractivity contribution in [3.8, 4) is 0 Å². The van der Waals surface area contributed by atoms with Crippen molar-refractivity contribution in [2.45, 2.75) is 80.1 Å². The van der Waals surface area contributed by atoms with E-state index in [4.69, 9.17) is 0 Å². The summed E-state index contributed by atoms with van der Waals surface area (Å²) in [5, 5.41) is 0. The van der Waals surface area contributed by atoms with Gasteiger partial charge in [0.25, 0.3) is 0 Å². The first-order valence-corrected chi connectivity index (χ1v) is 7.52. The van der Waals surface area contributed by atoms with E-state index >= 15 is 0 Å². The predicted octanol–water partition coefficient (Wildman–Crippen LogP) is 5.91. The van der Waals surface area contributed by atoms with E-state index < -0.39 is 0 Å². The van der Waals surface area contributed by atoms with Gasteiger partial charge in [-0.15, -0.1) is 0 Å². The van der Waals surface area contributed by atoms with Gasteiger partial charge in [0.15, 0.2) is 0 Å². The zero-order valence-electron chi connectivity index (χ0n) is 12.6. The first-order chi connectivity index (χ1) is 7.52. The van der Waals surface area contributed by atoms with Crippen molar-refractivity contribution in [3.05, 3.63) is 0 Å². The highest BCUT2D eigenvalue weighted by atomic mass is 14.2. The van der Waals surface area contributed by atoms with Crippen LogP contribution < -0.4 is 0 Å². The second-order valence-electron chi connectivity index (χ2n) is 6.09. The van der Waals surface area contributed by atoms with E-state index in [9.17, 15) is 0 Å². The highest BCUT2D eigenvalue weighted by Crippen LogP contribution is 2.26. The van der Waals surface area contributed by atoms with Gasteiger partial charge in [-0.05, 0) is 23.7 Å². The molecule has 0 saturated heterocycles. The van der Waals surface area contributed by atoms with Gasteiger partial charge in [0.1, 0.15) is 0 Å². The summed E-state index contributed by atoms with van der Waals surface area (Å²) in [6.45, 7) is 14.2. The molecule has 0 aromatic rings. The molecule has 16 heavy (non-hydrogen) atoms. The van der Waals surface area contributed by atoms with Gasteiger partial charge in [0.2, 0.25) is 0 Å². The molecule has 0 rings (SSSR count). The van der Waals surface area contributed by atoms with Gasteiger partial charge < -0.3 is 0 Å². The Labute approximate surface area is 104 Å². The third-order valence-corrected chi connectivity index (χ3v) is 4.45. The van der Waals surface area contributed by atoms with E-state index in [1.165, 1.54) is 38.5 Å². The minimum absolute atomic E-state index is 0.874. The van der Waals surface area contributed by atoms with Crippen molar-refractivity contribution in [1.82, 2.24) is 0 Å². The van der Waals surface area contributed by atoms with Crippen LogP contribution in [0.1, 0.15) is 80.1 Å². The summed E-state index contributed by atoms with van der Waals surface area (Å²) in [7, 11) is 0. The summed E-state index contributed by atoms with van der Waals surface area (Å²) in [5.41, 5.74) is 0. The Bertz CT molecular complexity index is 148. The fourth-order valence-electron chi connectivity index (χ4n) is 2.57. The minimum atomic E-state index is 0.874. The van der Waals surface area contributed by atoms with Crippen LogP contribution in [0.3, 0.4) is 0 Å². The summed E-state index contributed by atoms with van der Waals surface area (Å²) in [6.07, 6.45) is 8.44. The third-order valence-electron chi connectivity index (χ3n) is 4.45. The monoisotopic (exact) mass is 226 g/mol. The standard InChI is InChI=1S/C16H34/c1-7-10-16(13(3)4)12-9-11-15(6)14(5)8-2/h13-16H,7-12H2,1-6H3. The quantitative estimate of drug-likeness (QED) is 0.458. The Kier molecular flexibility index (Phi) is 9.07. The predicted molar refractivity (Wildman–Crippen MR) is 75.7 cm³/mol. The second kappa shape index (κ2) is 9.07. The van der Waals surface area contributed by atoms with Crippen molar-refractivity contribution in [2.24, 2.45) is 23.7 Å². The Balaban J connectivity index is 3.76. The van der Waals surface area contributed by atoms with Crippen LogP contribution >= 0.6 is 0 Å². The van der Waals surface area contributed by atoms with Crippen LogP contribution in [0.4, 0.5) is 0 Å². The summed E-state index contributed by atoms with van der Waals surface area (Å²) in [4.78, 5) is 0. The normalized spacial score (nSPS) is 17.4. The van der Waals surface area contributed by atoms with Crippen LogP contribution in [0, 0.1) is 23.7 Å². The molecule has 0 bridgehead atoms. The van der Waals surface area contributed by atoms with Gasteiger partial charge in [-0.3, -0.25) is 0 Å². The van der Waals surface area contributed by atoms with E-state index in [2.05, 4.69) is 41.5 Å². The highest BCUT2D eigenvalue weighted by molar-refractivity contribution is 4.66. The van der Waals surface area contributed by atoms with E-state index in [0.29, 0.717) is 0 Å². The Morgan fingerprint density at radius 1 is 0.750 bits per heavy atom. The Hall–Kier alpha value is 0. The highest BCUT2D eigenvalue weighted by Gasteiger charge is 2.14. The van der Waals surface area contributed by atoms with Gasteiger partial charge in [-0.25, -0.2) is 0 Å². The van der Waals surface area contributed by atoms with Crippen molar-refractivity contribution < 1.29 is 0 Å². The summed E-state index contributed by atoms with van der Waals surface area (Å²) in [5.74, 6) is 3.66. The molecule has 0 fully saturated rings. The fraction of sp³-hybridized carbons (Fsp3) is 1.00. The Morgan fingerprint density at radius 3 is 1.81 bits per heavy atom.